The number of anilines is 3. The van der Waals surface area contributed by atoms with Crippen molar-refractivity contribution >= 4 is 29.4 Å². The number of rotatable bonds is 4. The summed E-state index contributed by atoms with van der Waals surface area (Å²) in [6.07, 6.45) is 9.83. The molecule has 0 radical (unpaired) electrons. The SMILES string of the molecule is CC(C)N1CCN(C(=O)c2ccc(Nc3ncc4c(n3)N3C(C4)C(=O)NCC34CCCCC4)nc2)CC1. The van der Waals surface area contributed by atoms with E-state index in [1.807, 2.05) is 17.2 Å². The van der Waals surface area contributed by atoms with Crippen LogP contribution in [0.1, 0.15) is 61.9 Å². The third-order valence-electron chi connectivity index (χ3n) is 8.57. The van der Waals surface area contributed by atoms with E-state index in [1.54, 1.807) is 12.3 Å². The van der Waals surface area contributed by atoms with Gasteiger partial charge in [-0.05, 0) is 38.8 Å². The number of pyridine rings is 1. The van der Waals surface area contributed by atoms with Crippen LogP contribution < -0.4 is 15.5 Å². The molecule has 1 unspecified atom stereocenters. The Morgan fingerprint density at radius 1 is 1.08 bits per heavy atom. The largest absolute Gasteiger partial charge is 0.352 e. The van der Waals surface area contributed by atoms with Crippen LogP contribution in [0.4, 0.5) is 17.6 Å². The molecular formula is C27H36N8O2. The molecule has 2 saturated heterocycles. The van der Waals surface area contributed by atoms with Crippen molar-refractivity contribution in [3.8, 4) is 0 Å². The number of hydrogen-bond donors (Lipinski definition) is 2. The summed E-state index contributed by atoms with van der Waals surface area (Å²) in [5.41, 5.74) is 1.54. The van der Waals surface area contributed by atoms with E-state index in [2.05, 4.69) is 44.2 Å². The van der Waals surface area contributed by atoms with Crippen molar-refractivity contribution in [3.05, 3.63) is 35.7 Å². The normalized spacial score (nSPS) is 23.1. The lowest BCUT2D eigenvalue weighted by Gasteiger charge is -2.51. The van der Waals surface area contributed by atoms with Gasteiger partial charge in [-0.2, -0.15) is 4.98 Å². The third kappa shape index (κ3) is 4.41. The monoisotopic (exact) mass is 504 g/mol. The van der Waals surface area contributed by atoms with Crippen molar-refractivity contribution in [2.24, 2.45) is 0 Å². The molecule has 1 saturated carbocycles. The van der Waals surface area contributed by atoms with Crippen LogP contribution in [0.3, 0.4) is 0 Å². The highest BCUT2D eigenvalue weighted by atomic mass is 16.2. The maximum atomic E-state index is 13.0. The molecule has 5 heterocycles. The summed E-state index contributed by atoms with van der Waals surface area (Å²) in [7, 11) is 0. The van der Waals surface area contributed by atoms with Crippen molar-refractivity contribution in [1.82, 2.24) is 30.1 Å². The zero-order chi connectivity index (χ0) is 25.6. The molecule has 3 aliphatic heterocycles. The lowest BCUT2D eigenvalue weighted by Crippen LogP contribution is -2.67. The second kappa shape index (κ2) is 9.55. The Kier molecular flexibility index (Phi) is 6.22. The Balaban J connectivity index is 1.16. The first-order valence-corrected chi connectivity index (χ1v) is 13.6. The van der Waals surface area contributed by atoms with E-state index in [9.17, 15) is 9.59 Å². The molecule has 0 bridgehead atoms. The van der Waals surface area contributed by atoms with Gasteiger partial charge in [-0.15, -0.1) is 0 Å². The maximum Gasteiger partial charge on any atom is 0.255 e. The second-order valence-corrected chi connectivity index (χ2v) is 11.1. The number of hydrogen-bond acceptors (Lipinski definition) is 8. The number of amides is 2. The minimum atomic E-state index is -0.211. The van der Waals surface area contributed by atoms with Gasteiger partial charge in [0.05, 0.1) is 11.1 Å². The topological polar surface area (TPSA) is 107 Å². The Bertz CT molecular complexity index is 1170. The van der Waals surface area contributed by atoms with Crippen LogP contribution in [0.5, 0.6) is 0 Å². The molecule has 10 heteroatoms. The van der Waals surface area contributed by atoms with Gasteiger partial charge >= 0.3 is 0 Å². The molecule has 2 aromatic heterocycles. The highest BCUT2D eigenvalue weighted by Gasteiger charge is 2.51. The summed E-state index contributed by atoms with van der Waals surface area (Å²) in [6.45, 7) is 8.31. The fourth-order valence-corrected chi connectivity index (χ4v) is 6.44. The zero-order valence-corrected chi connectivity index (χ0v) is 21.7. The Hall–Kier alpha value is -3.27. The number of nitrogens with one attached hydrogen (secondary N) is 2. The molecule has 2 amide bonds. The predicted octanol–water partition coefficient (Wildman–Crippen LogP) is 2.35. The molecule has 0 aromatic carbocycles. The maximum absolute atomic E-state index is 13.0. The van der Waals surface area contributed by atoms with Gasteiger partial charge in [0.1, 0.15) is 17.7 Å². The van der Waals surface area contributed by atoms with E-state index in [-0.39, 0.29) is 23.4 Å². The van der Waals surface area contributed by atoms with Crippen molar-refractivity contribution in [3.63, 3.8) is 0 Å². The summed E-state index contributed by atoms with van der Waals surface area (Å²) in [4.78, 5) is 46.1. The van der Waals surface area contributed by atoms with Crippen molar-refractivity contribution in [2.45, 2.75) is 70.0 Å². The quantitative estimate of drug-likeness (QED) is 0.654. The first-order chi connectivity index (χ1) is 17.9. The number of carbonyl (C=O) groups excluding carboxylic acids is 2. The standard InChI is InChI=1S/C27H36N8O2/c1-18(2)33-10-12-34(13-11-33)25(37)19-6-7-22(28-15-19)31-26-29-16-20-14-21-24(36)30-17-27(8-4-3-5-9-27)35(21)23(20)32-26/h6-7,15-16,18,21H,3-5,8-14,17H2,1-2H3,(H,30,36)(H,28,29,31,32). The lowest BCUT2D eigenvalue weighted by atomic mass is 9.78. The summed E-state index contributed by atoms with van der Waals surface area (Å²) in [6, 6.07) is 3.89. The van der Waals surface area contributed by atoms with E-state index in [1.165, 1.54) is 19.3 Å². The van der Waals surface area contributed by atoms with Gasteiger partial charge in [-0.3, -0.25) is 14.5 Å². The Morgan fingerprint density at radius 3 is 2.57 bits per heavy atom. The zero-order valence-electron chi connectivity index (χ0n) is 21.7. The molecule has 2 N–H and O–H groups in total. The van der Waals surface area contributed by atoms with Gasteiger partial charge in [0.15, 0.2) is 0 Å². The molecule has 6 rings (SSSR count). The van der Waals surface area contributed by atoms with Gasteiger partial charge in [0.2, 0.25) is 11.9 Å². The van der Waals surface area contributed by atoms with E-state index < -0.39 is 0 Å². The molecule has 3 fully saturated rings. The van der Waals surface area contributed by atoms with Crippen molar-refractivity contribution in [2.75, 3.05) is 42.9 Å². The van der Waals surface area contributed by atoms with Crippen LogP contribution in [0, 0.1) is 0 Å². The van der Waals surface area contributed by atoms with Crippen LogP contribution in [-0.4, -0.2) is 86.9 Å². The summed E-state index contributed by atoms with van der Waals surface area (Å²) >= 11 is 0. The summed E-state index contributed by atoms with van der Waals surface area (Å²) in [5.74, 6) is 2.00. The van der Waals surface area contributed by atoms with Crippen LogP contribution in [-0.2, 0) is 11.2 Å². The molecule has 4 aliphatic rings. The van der Waals surface area contributed by atoms with Crippen LogP contribution in [0.2, 0.25) is 0 Å². The molecule has 1 atom stereocenters. The first-order valence-electron chi connectivity index (χ1n) is 13.6. The highest BCUT2D eigenvalue weighted by molar-refractivity contribution is 5.94. The second-order valence-electron chi connectivity index (χ2n) is 11.1. The van der Waals surface area contributed by atoms with Crippen LogP contribution >= 0.6 is 0 Å². The van der Waals surface area contributed by atoms with Gasteiger partial charge in [-0.25, -0.2) is 9.97 Å². The van der Waals surface area contributed by atoms with E-state index in [0.29, 0.717) is 36.3 Å². The number of fused-ring (bicyclic) bond motifs is 4. The number of nitrogens with zero attached hydrogens (tertiary/aromatic N) is 6. The van der Waals surface area contributed by atoms with Crippen LogP contribution in [0.25, 0.3) is 0 Å². The number of piperazine rings is 2. The molecule has 37 heavy (non-hydrogen) atoms. The summed E-state index contributed by atoms with van der Waals surface area (Å²) < 4.78 is 0. The van der Waals surface area contributed by atoms with Crippen molar-refractivity contribution < 1.29 is 9.59 Å². The van der Waals surface area contributed by atoms with Gasteiger partial charge < -0.3 is 20.4 Å². The summed E-state index contributed by atoms with van der Waals surface area (Å²) in [5, 5.41) is 6.36. The number of aromatic nitrogens is 3. The minimum absolute atomic E-state index is 0.0171. The predicted molar refractivity (Wildman–Crippen MR) is 141 cm³/mol. The fourth-order valence-electron chi connectivity index (χ4n) is 6.44. The first kappa shape index (κ1) is 24.1. The number of carbonyl (C=O) groups is 2. The minimum Gasteiger partial charge on any atom is -0.352 e. The Morgan fingerprint density at radius 2 is 1.86 bits per heavy atom. The lowest BCUT2D eigenvalue weighted by molar-refractivity contribution is -0.124. The average molecular weight is 505 g/mol. The highest BCUT2D eigenvalue weighted by Crippen LogP contribution is 2.44. The van der Waals surface area contributed by atoms with E-state index >= 15 is 0 Å². The Labute approximate surface area is 217 Å². The third-order valence-corrected chi connectivity index (χ3v) is 8.57. The van der Waals surface area contributed by atoms with Gasteiger partial charge in [0.25, 0.3) is 5.91 Å². The van der Waals surface area contributed by atoms with Crippen molar-refractivity contribution in [1.29, 1.82) is 0 Å². The molecule has 1 spiro atoms. The molecule has 1 aliphatic carbocycles. The molecule has 2 aromatic rings. The smallest absolute Gasteiger partial charge is 0.255 e. The fraction of sp³-hybridized carbons (Fsp3) is 0.593. The van der Waals surface area contributed by atoms with Crippen LogP contribution in [0.15, 0.2) is 24.5 Å². The molecular weight excluding hydrogens is 468 g/mol. The van der Waals surface area contributed by atoms with Gasteiger partial charge in [0, 0.05) is 63.1 Å². The molecule has 10 nitrogen and oxygen atoms in total. The average Bonchev–Trinajstić information content (AvgIpc) is 3.32. The molecule has 196 valence electrons. The van der Waals surface area contributed by atoms with E-state index in [0.717, 1.165) is 50.4 Å². The van der Waals surface area contributed by atoms with Gasteiger partial charge in [-0.1, -0.05) is 19.3 Å². The van der Waals surface area contributed by atoms with E-state index in [4.69, 9.17) is 4.98 Å².